The van der Waals surface area contributed by atoms with Gasteiger partial charge in [-0.1, -0.05) is 6.92 Å². The molecule has 0 aromatic carbocycles. The van der Waals surface area contributed by atoms with Gasteiger partial charge >= 0.3 is 0 Å². The minimum absolute atomic E-state index is 0.126. The Balaban J connectivity index is 2.15. The van der Waals surface area contributed by atoms with Gasteiger partial charge in [0.25, 0.3) is 10.0 Å². The maximum atomic E-state index is 12.1. The lowest BCUT2D eigenvalue weighted by Gasteiger charge is -2.07. The fourth-order valence-electron chi connectivity index (χ4n) is 1.70. The molecular weight excluding hydrogens is 252 g/mol. The third kappa shape index (κ3) is 3.09. The van der Waals surface area contributed by atoms with Gasteiger partial charge in [-0.2, -0.15) is 5.10 Å². The summed E-state index contributed by atoms with van der Waals surface area (Å²) in [4.78, 5) is 0. The molecule has 0 spiro atoms. The van der Waals surface area contributed by atoms with Gasteiger partial charge in [-0.05, 0) is 26.2 Å². The third-order valence-electron chi connectivity index (χ3n) is 2.98. The molecule has 7 heteroatoms. The van der Waals surface area contributed by atoms with Gasteiger partial charge < -0.3 is 5.32 Å². The van der Waals surface area contributed by atoms with Crippen molar-refractivity contribution >= 4 is 10.0 Å². The van der Waals surface area contributed by atoms with Crippen molar-refractivity contribution < 1.29 is 8.42 Å². The Kier molecular flexibility index (Phi) is 4.04. The molecule has 6 nitrogen and oxygen atoms in total. The quantitative estimate of drug-likeness (QED) is 0.680. The van der Waals surface area contributed by atoms with Gasteiger partial charge in [0.15, 0.2) is 5.03 Å². The summed E-state index contributed by atoms with van der Waals surface area (Å²) in [6.07, 6.45) is 3.11. The lowest BCUT2D eigenvalue weighted by molar-refractivity contribution is 0.573. The van der Waals surface area contributed by atoms with E-state index < -0.39 is 10.0 Å². The van der Waals surface area contributed by atoms with Crippen LogP contribution < -0.4 is 10.0 Å². The molecule has 1 fully saturated rings. The first-order valence-electron chi connectivity index (χ1n) is 6.31. The number of hydrogen-bond donors (Lipinski definition) is 3. The molecule has 18 heavy (non-hydrogen) atoms. The number of H-pyrrole nitrogens is 1. The molecule has 1 heterocycles. The van der Waals surface area contributed by atoms with Crippen molar-refractivity contribution in [2.75, 3.05) is 6.54 Å². The molecule has 1 saturated carbocycles. The Morgan fingerprint density at radius 1 is 1.44 bits per heavy atom. The zero-order valence-electron chi connectivity index (χ0n) is 10.8. The number of rotatable bonds is 7. The van der Waals surface area contributed by atoms with Crippen LogP contribution in [0.15, 0.2) is 5.03 Å². The van der Waals surface area contributed by atoms with E-state index in [4.69, 9.17) is 0 Å². The van der Waals surface area contributed by atoms with Crippen LogP contribution in [-0.4, -0.2) is 31.2 Å². The molecule has 0 radical (unpaired) electrons. The van der Waals surface area contributed by atoms with Crippen LogP contribution in [0.4, 0.5) is 0 Å². The monoisotopic (exact) mass is 272 g/mol. The van der Waals surface area contributed by atoms with Crippen LogP contribution in [0.2, 0.25) is 0 Å². The highest BCUT2D eigenvalue weighted by Crippen LogP contribution is 2.21. The van der Waals surface area contributed by atoms with E-state index in [1.807, 2.05) is 13.8 Å². The molecule has 1 aromatic rings. The smallest absolute Gasteiger partial charge is 0.260 e. The van der Waals surface area contributed by atoms with E-state index in [-0.39, 0.29) is 5.03 Å². The van der Waals surface area contributed by atoms with Gasteiger partial charge in [0.2, 0.25) is 0 Å². The van der Waals surface area contributed by atoms with Crippen LogP contribution in [-0.2, 0) is 16.6 Å². The van der Waals surface area contributed by atoms with Crippen molar-refractivity contribution in [2.24, 2.45) is 0 Å². The first-order chi connectivity index (χ1) is 8.54. The van der Waals surface area contributed by atoms with E-state index in [1.165, 1.54) is 12.8 Å². The molecule has 0 saturated heterocycles. The molecule has 0 unspecified atom stereocenters. The Labute approximate surface area is 108 Å². The van der Waals surface area contributed by atoms with Crippen molar-refractivity contribution in [2.45, 2.75) is 50.7 Å². The fraction of sp³-hybridized carbons (Fsp3) is 0.727. The van der Waals surface area contributed by atoms with Crippen LogP contribution in [0.3, 0.4) is 0 Å². The summed E-state index contributed by atoms with van der Waals surface area (Å²) in [7, 11) is -3.49. The van der Waals surface area contributed by atoms with Crippen molar-refractivity contribution in [1.29, 1.82) is 0 Å². The van der Waals surface area contributed by atoms with Gasteiger partial charge in [0.05, 0.1) is 0 Å². The van der Waals surface area contributed by atoms with Gasteiger partial charge in [0.1, 0.15) is 0 Å². The normalized spacial score (nSPS) is 16.1. The zero-order valence-corrected chi connectivity index (χ0v) is 11.6. The summed E-state index contributed by atoms with van der Waals surface area (Å²) in [5, 5.41) is 10.1. The topological polar surface area (TPSA) is 86.9 Å². The third-order valence-corrected chi connectivity index (χ3v) is 4.41. The second-order valence-electron chi connectivity index (χ2n) is 4.69. The summed E-state index contributed by atoms with van der Waals surface area (Å²) in [5.74, 6) is 0. The van der Waals surface area contributed by atoms with Crippen LogP contribution in [0.5, 0.6) is 0 Å². The average molecular weight is 272 g/mol. The number of nitrogens with one attached hydrogen (secondary N) is 3. The highest BCUT2D eigenvalue weighted by atomic mass is 32.2. The molecule has 1 aliphatic carbocycles. The maximum Gasteiger partial charge on any atom is 0.260 e. The van der Waals surface area contributed by atoms with Crippen molar-refractivity contribution in [3.63, 3.8) is 0 Å². The van der Waals surface area contributed by atoms with Gasteiger partial charge in [-0.3, -0.25) is 5.10 Å². The summed E-state index contributed by atoms with van der Waals surface area (Å²) < 4.78 is 26.7. The van der Waals surface area contributed by atoms with E-state index >= 15 is 0 Å². The lowest BCUT2D eigenvalue weighted by atomic mass is 10.2. The first-order valence-corrected chi connectivity index (χ1v) is 7.79. The lowest BCUT2D eigenvalue weighted by Crippen LogP contribution is -2.27. The van der Waals surface area contributed by atoms with Crippen molar-refractivity contribution in [3.8, 4) is 0 Å². The van der Waals surface area contributed by atoms with Crippen LogP contribution in [0.1, 0.15) is 37.4 Å². The summed E-state index contributed by atoms with van der Waals surface area (Å²) >= 11 is 0. The second-order valence-corrected chi connectivity index (χ2v) is 6.37. The van der Waals surface area contributed by atoms with Crippen LogP contribution >= 0.6 is 0 Å². The van der Waals surface area contributed by atoms with Gasteiger partial charge in [-0.25, -0.2) is 13.1 Å². The van der Waals surface area contributed by atoms with E-state index in [1.54, 1.807) is 0 Å². The molecule has 102 valence electrons. The minimum atomic E-state index is -3.49. The number of aryl methyl sites for hydroxylation is 1. The largest absolute Gasteiger partial charge is 0.310 e. The number of nitrogens with zero attached hydrogens (tertiary/aromatic N) is 1. The molecule has 0 amide bonds. The van der Waals surface area contributed by atoms with E-state index in [2.05, 4.69) is 20.2 Å². The fourth-order valence-corrected chi connectivity index (χ4v) is 3.02. The Hall–Kier alpha value is -0.920. The SMILES string of the molecule is CCCNS(=O)(=O)c1n[nH]c(C)c1CNC1CC1. The number of aromatic nitrogens is 2. The van der Waals surface area contributed by atoms with E-state index in [0.29, 0.717) is 19.1 Å². The van der Waals surface area contributed by atoms with E-state index in [0.717, 1.165) is 17.7 Å². The molecule has 3 N–H and O–H groups in total. The summed E-state index contributed by atoms with van der Waals surface area (Å²) in [6, 6.07) is 0.540. The predicted octanol–water partition coefficient (Wildman–Crippen LogP) is 0.658. The summed E-state index contributed by atoms with van der Waals surface area (Å²) in [5.41, 5.74) is 1.55. The number of hydrogen-bond acceptors (Lipinski definition) is 4. The molecule has 0 aliphatic heterocycles. The Morgan fingerprint density at radius 2 is 2.17 bits per heavy atom. The van der Waals surface area contributed by atoms with Gasteiger partial charge in [0, 0.05) is 30.4 Å². The Morgan fingerprint density at radius 3 is 2.78 bits per heavy atom. The predicted molar refractivity (Wildman–Crippen MR) is 68.7 cm³/mol. The van der Waals surface area contributed by atoms with Crippen molar-refractivity contribution in [3.05, 3.63) is 11.3 Å². The van der Waals surface area contributed by atoms with Gasteiger partial charge in [-0.15, -0.1) is 0 Å². The summed E-state index contributed by atoms with van der Waals surface area (Å²) in [6.45, 7) is 4.75. The van der Waals surface area contributed by atoms with Crippen LogP contribution in [0, 0.1) is 6.92 Å². The molecule has 2 rings (SSSR count). The van der Waals surface area contributed by atoms with Crippen molar-refractivity contribution in [1.82, 2.24) is 20.2 Å². The molecule has 0 atom stereocenters. The average Bonchev–Trinajstić information content (AvgIpc) is 3.08. The zero-order chi connectivity index (χ0) is 13.2. The first kappa shape index (κ1) is 13.5. The maximum absolute atomic E-state index is 12.1. The standard InChI is InChI=1S/C11H20N4O2S/c1-3-6-13-18(16,17)11-10(8(2)14-15-11)7-12-9-4-5-9/h9,12-13H,3-7H2,1-2H3,(H,14,15). The molecule has 1 aromatic heterocycles. The van der Waals surface area contributed by atoms with E-state index in [9.17, 15) is 8.42 Å². The second kappa shape index (κ2) is 5.38. The van der Waals surface area contributed by atoms with Crippen LogP contribution in [0.25, 0.3) is 0 Å². The molecule has 0 bridgehead atoms. The molecular formula is C11H20N4O2S. The highest BCUT2D eigenvalue weighted by Gasteiger charge is 2.26. The minimum Gasteiger partial charge on any atom is -0.310 e. The number of aromatic amines is 1. The Bertz CT molecular complexity index is 505. The molecule has 1 aliphatic rings. The highest BCUT2D eigenvalue weighted by molar-refractivity contribution is 7.89. The number of sulfonamides is 1.